The van der Waals surface area contributed by atoms with E-state index < -0.39 is 0 Å². The Labute approximate surface area is 173 Å². The summed E-state index contributed by atoms with van der Waals surface area (Å²) >= 11 is 2.06. The minimum atomic E-state index is 0.324. The number of furan rings is 1. The van der Waals surface area contributed by atoms with E-state index in [1.54, 1.807) is 6.26 Å². The van der Waals surface area contributed by atoms with E-state index in [9.17, 15) is 0 Å². The number of thioether (sulfide) groups is 1. The second-order valence-corrected chi connectivity index (χ2v) is 9.38. The topological polar surface area (TPSA) is 52.8 Å². The molecule has 1 unspecified atom stereocenters. The monoisotopic (exact) mass is 400 g/mol. The van der Waals surface area contributed by atoms with Gasteiger partial charge in [-0.3, -0.25) is 9.89 Å². The lowest BCUT2D eigenvalue weighted by molar-refractivity contribution is 0.287. The SMILES string of the molecule is CN=C(NCc1ccccc1CN(C)Cc1ccco1)NCC1(C)CCCS1. The first kappa shape index (κ1) is 20.8. The zero-order chi connectivity index (χ0) is 19.8. The zero-order valence-electron chi connectivity index (χ0n) is 17.2. The van der Waals surface area contributed by atoms with Crippen molar-refractivity contribution in [2.24, 2.45) is 4.99 Å². The number of hydrogen-bond donors (Lipinski definition) is 2. The summed E-state index contributed by atoms with van der Waals surface area (Å²) in [7, 11) is 3.95. The lowest BCUT2D eigenvalue weighted by Gasteiger charge is -2.24. The van der Waals surface area contributed by atoms with Gasteiger partial charge in [0.2, 0.25) is 0 Å². The second-order valence-electron chi connectivity index (χ2n) is 7.70. The standard InChI is InChI=1S/C22H32N4OS/c1-22(11-7-13-28-22)17-25-21(23-2)24-14-18-8-4-5-9-19(18)15-26(3)16-20-10-6-12-27-20/h4-6,8-10,12H,7,11,13-17H2,1-3H3,(H2,23,24,25). The maximum Gasteiger partial charge on any atom is 0.191 e. The van der Waals surface area contributed by atoms with Crippen molar-refractivity contribution in [1.82, 2.24) is 15.5 Å². The molecule has 0 radical (unpaired) electrons. The van der Waals surface area contributed by atoms with Gasteiger partial charge in [0.05, 0.1) is 12.8 Å². The van der Waals surface area contributed by atoms with E-state index in [4.69, 9.17) is 4.42 Å². The Hall–Kier alpha value is -1.92. The highest BCUT2D eigenvalue weighted by Gasteiger charge is 2.29. The number of rotatable bonds is 8. The molecule has 0 amide bonds. The third-order valence-electron chi connectivity index (χ3n) is 5.16. The van der Waals surface area contributed by atoms with Gasteiger partial charge in [0.25, 0.3) is 0 Å². The van der Waals surface area contributed by atoms with Crippen molar-refractivity contribution in [3.05, 3.63) is 59.5 Å². The van der Waals surface area contributed by atoms with Crippen LogP contribution in [0.1, 0.15) is 36.7 Å². The molecular weight excluding hydrogens is 368 g/mol. The lowest BCUT2D eigenvalue weighted by Crippen LogP contribution is -2.43. The van der Waals surface area contributed by atoms with Crippen LogP contribution in [0.2, 0.25) is 0 Å². The first-order valence-electron chi connectivity index (χ1n) is 9.94. The van der Waals surface area contributed by atoms with E-state index in [-0.39, 0.29) is 0 Å². The molecule has 0 aliphatic carbocycles. The smallest absolute Gasteiger partial charge is 0.191 e. The molecule has 28 heavy (non-hydrogen) atoms. The highest BCUT2D eigenvalue weighted by Crippen LogP contribution is 2.36. The molecule has 3 rings (SSSR count). The van der Waals surface area contributed by atoms with E-state index >= 15 is 0 Å². The van der Waals surface area contributed by atoms with Crippen LogP contribution in [0.5, 0.6) is 0 Å². The van der Waals surface area contributed by atoms with E-state index in [0.29, 0.717) is 4.75 Å². The number of aliphatic imine (C=N–C) groups is 1. The molecule has 1 aliphatic heterocycles. The Morgan fingerprint density at radius 2 is 2.00 bits per heavy atom. The largest absolute Gasteiger partial charge is 0.468 e. The highest BCUT2D eigenvalue weighted by atomic mass is 32.2. The Bertz CT molecular complexity index is 754. The summed E-state index contributed by atoms with van der Waals surface area (Å²) in [6.07, 6.45) is 4.31. The van der Waals surface area contributed by atoms with Crippen LogP contribution >= 0.6 is 11.8 Å². The average Bonchev–Trinajstić information content (AvgIpc) is 3.35. The minimum absolute atomic E-state index is 0.324. The fraction of sp³-hybridized carbons (Fsp3) is 0.500. The van der Waals surface area contributed by atoms with Crippen LogP contribution in [0.15, 0.2) is 52.1 Å². The quantitative estimate of drug-likeness (QED) is 0.520. The van der Waals surface area contributed by atoms with Crippen LogP contribution in [0.25, 0.3) is 0 Å². The van der Waals surface area contributed by atoms with E-state index in [0.717, 1.165) is 37.9 Å². The van der Waals surface area contributed by atoms with Gasteiger partial charge in [-0.15, -0.1) is 0 Å². The maximum atomic E-state index is 5.46. The van der Waals surface area contributed by atoms with Gasteiger partial charge in [0.1, 0.15) is 5.76 Å². The molecule has 1 fully saturated rings. The van der Waals surface area contributed by atoms with Gasteiger partial charge in [-0.2, -0.15) is 11.8 Å². The van der Waals surface area contributed by atoms with Crippen LogP contribution in [0.3, 0.4) is 0 Å². The summed E-state index contributed by atoms with van der Waals surface area (Å²) in [6, 6.07) is 12.5. The van der Waals surface area contributed by atoms with Crippen molar-refractivity contribution in [3.63, 3.8) is 0 Å². The van der Waals surface area contributed by atoms with Crippen LogP contribution < -0.4 is 10.6 Å². The minimum Gasteiger partial charge on any atom is -0.468 e. The second kappa shape index (κ2) is 10.0. The fourth-order valence-electron chi connectivity index (χ4n) is 3.55. The average molecular weight is 401 g/mol. The van der Waals surface area contributed by atoms with E-state index in [1.807, 2.05) is 19.2 Å². The molecule has 2 heterocycles. The summed E-state index contributed by atoms with van der Waals surface area (Å²) < 4.78 is 5.79. The van der Waals surface area contributed by atoms with E-state index in [2.05, 4.69) is 70.5 Å². The fourth-order valence-corrected chi connectivity index (χ4v) is 4.79. The normalized spacial score (nSPS) is 19.9. The van der Waals surface area contributed by atoms with Crippen molar-refractivity contribution in [3.8, 4) is 0 Å². The van der Waals surface area contributed by atoms with Crippen molar-refractivity contribution in [2.45, 2.75) is 44.1 Å². The number of nitrogens with zero attached hydrogens (tertiary/aromatic N) is 2. The van der Waals surface area contributed by atoms with Crippen LogP contribution in [0, 0.1) is 0 Å². The zero-order valence-corrected chi connectivity index (χ0v) is 18.0. The Balaban J connectivity index is 1.53. The van der Waals surface area contributed by atoms with Gasteiger partial charge >= 0.3 is 0 Å². The third kappa shape index (κ3) is 6.04. The Morgan fingerprint density at radius 1 is 1.18 bits per heavy atom. The van der Waals surface area contributed by atoms with Crippen molar-refractivity contribution < 1.29 is 4.42 Å². The first-order chi connectivity index (χ1) is 13.6. The molecule has 1 aliphatic rings. The molecule has 0 spiro atoms. The number of nitrogens with one attached hydrogen (secondary N) is 2. The van der Waals surface area contributed by atoms with Crippen LogP contribution in [-0.2, 0) is 19.6 Å². The van der Waals surface area contributed by atoms with Crippen molar-refractivity contribution in [2.75, 3.05) is 26.4 Å². The summed E-state index contributed by atoms with van der Waals surface area (Å²) in [4.78, 5) is 6.66. The maximum absolute atomic E-state index is 5.46. The van der Waals surface area contributed by atoms with Crippen molar-refractivity contribution in [1.29, 1.82) is 0 Å². The molecule has 1 atom stereocenters. The van der Waals surface area contributed by atoms with Gasteiger partial charge in [0.15, 0.2) is 5.96 Å². The van der Waals surface area contributed by atoms with Crippen LogP contribution in [0.4, 0.5) is 0 Å². The summed E-state index contributed by atoms with van der Waals surface area (Å²) in [5, 5.41) is 6.99. The predicted octanol–water partition coefficient (Wildman–Crippen LogP) is 3.86. The number of guanidine groups is 1. The molecule has 0 saturated carbocycles. The molecule has 0 bridgehead atoms. The molecular formula is C22H32N4OS. The van der Waals surface area contributed by atoms with Crippen LogP contribution in [-0.4, -0.2) is 42.0 Å². The molecule has 2 N–H and O–H groups in total. The third-order valence-corrected chi connectivity index (χ3v) is 6.70. The van der Waals surface area contributed by atoms with Crippen molar-refractivity contribution >= 4 is 17.7 Å². The Kier molecular flexibility index (Phi) is 7.45. The Morgan fingerprint density at radius 3 is 2.68 bits per heavy atom. The molecule has 152 valence electrons. The summed E-state index contributed by atoms with van der Waals surface area (Å²) in [5.41, 5.74) is 2.61. The molecule has 2 aromatic rings. The van der Waals surface area contributed by atoms with Gasteiger partial charge in [-0.05, 0) is 55.8 Å². The van der Waals surface area contributed by atoms with Gasteiger partial charge < -0.3 is 15.1 Å². The van der Waals surface area contributed by atoms with Gasteiger partial charge in [-0.25, -0.2) is 0 Å². The molecule has 5 nitrogen and oxygen atoms in total. The molecule has 1 aromatic carbocycles. The summed E-state index contributed by atoms with van der Waals surface area (Å²) in [5.74, 6) is 3.12. The first-order valence-corrected chi connectivity index (χ1v) is 10.9. The molecule has 6 heteroatoms. The predicted molar refractivity (Wildman–Crippen MR) is 119 cm³/mol. The van der Waals surface area contributed by atoms with Gasteiger partial charge in [-0.1, -0.05) is 24.3 Å². The number of benzene rings is 1. The van der Waals surface area contributed by atoms with Gasteiger partial charge in [0, 0.05) is 31.4 Å². The molecule has 1 saturated heterocycles. The highest BCUT2D eigenvalue weighted by molar-refractivity contribution is 8.00. The summed E-state index contributed by atoms with van der Waals surface area (Å²) in [6.45, 7) is 5.72. The lowest BCUT2D eigenvalue weighted by atomic mass is 10.1. The van der Waals surface area contributed by atoms with E-state index in [1.165, 1.54) is 29.7 Å². The number of hydrogen-bond acceptors (Lipinski definition) is 4. The molecule has 1 aromatic heterocycles.